The molecule has 0 saturated heterocycles. The molecule has 0 amide bonds. The molecule has 0 atom stereocenters. The molecular formula is C13H13NO3S. The van der Waals surface area contributed by atoms with E-state index in [9.17, 15) is 8.42 Å². The lowest BCUT2D eigenvalue weighted by molar-refractivity contribution is 0.475. The van der Waals surface area contributed by atoms with Crippen LogP contribution in [0, 0.1) is 6.92 Å². The zero-order valence-corrected chi connectivity index (χ0v) is 10.6. The Morgan fingerprint density at radius 1 is 0.944 bits per heavy atom. The highest BCUT2D eigenvalue weighted by atomic mass is 32.2. The van der Waals surface area contributed by atoms with Crippen LogP contribution in [-0.4, -0.2) is 13.5 Å². The van der Waals surface area contributed by atoms with Crippen LogP contribution >= 0.6 is 0 Å². The van der Waals surface area contributed by atoms with Crippen molar-refractivity contribution in [1.29, 1.82) is 0 Å². The van der Waals surface area contributed by atoms with Gasteiger partial charge in [0.05, 0.1) is 4.90 Å². The smallest absolute Gasteiger partial charge is 0.261 e. The lowest BCUT2D eigenvalue weighted by atomic mass is 10.2. The van der Waals surface area contributed by atoms with Gasteiger partial charge in [0.25, 0.3) is 10.0 Å². The van der Waals surface area contributed by atoms with Crippen LogP contribution in [0.25, 0.3) is 0 Å². The van der Waals surface area contributed by atoms with Crippen LogP contribution in [0.3, 0.4) is 0 Å². The molecule has 4 nitrogen and oxygen atoms in total. The fourth-order valence-corrected chi connectivity index (χ4v) is 2.52. The Morgan fingerprint density at radius 2 is 1.50 bits per heavy atom. The van der Waals surface area contributed by atoms with Crippen LogP contribution in [0.5, 0.6) is 5.75 Å². The Hall–Kier alpha value is -2.01. The topological polar surface area (TPSA) is 66.4 Å². The van der Waals surface area contributed by atoms with Gasteiger partial charge in [-0.15, -0.1) is 0 Å². The Balaban J connectivity index is 2.27. The standard InChI is InChI=1S/C13H13NO3S/c1-10-2-8-13(9-3-10)18(16,17)14-11-4-6-12(15)7-5-11/h2-9,14-15H,1H3. The average molecular weight is 263 g/mol. The predicted octanol–water partition coefficient (Wildman–Crippen LogP) is 2.50. The third-order valence-corrected chi connectivity index (χ3v) is 3.85. The molecular weight excluding hydrogens is 250 g/mol. The first-order chi connectivity index (χ1) is 8.47. The molecule has 0 radical (unpaired) electrons. The molecule has 94 valence electrons. The maximum atomic E-state index is 12.0. The van der Waals surface area contributed by atoms with E-state index in [1.54, 1.807) is 24.3 Å². The van der Waals surface area contributed by atoms with E-state index in [2.05, 4.69) is 4.72 Å². The molecule has 2 aromatic carbocycles. The quantitative estimate of drug-likeness (QED) is 0.836. The minimum atomic E-state index is -3.57. The monoisotopic (exact) mass is 263 g/mol. The van der Waals surface area contributed by atoms with Gasteiger partial charge in [0.15, 0.2) is 0 Å². The highest BCUT2D eigenvalue weighted by molar-refractivity contribution is 7.92. The summed E-state index contributed by atoms with van der Waals surface area (Å²) in [6.07, 6.45) is 0. The Labute approximate surface area is 106 Å². The van der Waals surface area contributed by atoms with Gasteiger partial charge in [-0.05, 0) is 43.3 Å². The predicted molar refractivity (Wildman–Crippen MR) is 70.1 cm³/mol. The Bertz CT molecular complexity index is 631. The zero-order valence-electron chi connectivity index (χ0n) is 9.79. The van der Waals surface area contributed by atoms with Gasteiger partial charge in [-0.2, -0.15) is 0 Å². The maximum Gasteiger partial charge on any atom is 0.261 e. The number of benzene rings is 2. The van der Waals surface area contributed by atoms with Crippen molar-refractivity contribution >= 4 is 15.7 Å². The van der Waals surface area contributed by atoms with Crippen molar-refractivity contribution in [3.05, 3.63) is 54.1 Å². The zero-order chi connectivity index (χ0) is 13.2. The van der Waals surface area contributed by atoms with E-state index in [4.69, 9.17) is 5.11 Å². The van der Waals surface area contributed by atoms with Crippen molar-refractivity contribution in [2.75, 3.05) is 4.72 Å². The van der Waals surface area contributed by atoms with Crippen LogP contribution in [0.2, 0.25) is 0 Å². The normalized spacial score (nSPS) is 11.2. The number of phenols is 1. The van der Waals surface area contributed by atoms with E-state index < -0.39 is 10.0 Å². The summed E-state index contributed by atoms with van der Waals surface area (Å²) in [7, 11) is -3.57. The minimum Gasteiger partial charge on any atom is -0.508 e. The number of anilines is 1. The van der Waals surface area contributed by atoms with Gasteiger partial charge < -0.3 is 5.11 Å². The van der Waals surface area contributed by atoms with E-state index in [1.807, 2.05) is 6.92 Å². The minimum absolute atomic E-state index is 0.0910. The van der Waals surface area contributed by atoms with Crippen molar-refractivity contribution < 1.29 is 13.5 Å². The summed E-state index contributed by atoms with van der Waals surface area (Å²) >= 11 is 0. The summed E-state index contributed by atoms with van der Waals surface area (Å²) in [4.78, 5) is 0.209. The van der Waals surface area contributed by atoms with E-state index in [-0.39, 0.29) is 10.6 Å². The van der Waals surface area contributed by atoms with Gasteiger partial charge in [0.1, 0.15) is 5.75 Å². The van der Waals surface area contributed by atoms with E-state index in [0.717, 1.165) is 5.56 Å². The average Bonchev–Trinajstić information content (AvgIpc) is 2.32. The van der Waals surface area contributed by atoms with Crippen LogP contribution in [0.1, 0.15) is 5.56 Å². The summed E-state index contributed by atoms with van der Waals surface area (Å²) in [5, 5.41) is 9.13. The maximum absolute atomic E-state index is 12.0. The Kier molecular flexibility index (Phi) is 3.25. The van der Waals surface area contributed by atoms with E-state index in [0.29, 0.717) is 5.69 Å². The van der Waals surface area contributed by atoms with E-state index in [1.165, 1.54) is 24.3 Å². The first kappa shape index (κ1) is 12.4. The van der Waals surface area contributed by atoms with Crippen molar-refractivity contribution in [3.8, 4) is 5.75 Å². The fourth-order valence-electron chi connectivity index (χ4n) is 1.46. The number of sulfonamides is 1. The number of phenolic OH excluding ortho intramolecular Hbond substituents is 1. The fraction of sp³-hybridized carbons (Fsp3) is 0.0769. The molecule has 0 aliphatic carbocycles. The van der Waals surface area contributed by atoms with Gasteiger partial charge in [-0.25, -0.2) is 8.42 Å². The molecule has 2 N–H and O–H groups in total. The molecule has 0 unspecified atom stereocenters. The van der Waals surface area contributed by atoms with Crippen LogP contribution in [-0.2, 0) is 10.0 Å². The number of aromatic hydroxyl groups is 1. The Morgan fingerprint density at radius 3 is 2.06 bits per heavy atom. The number of rotatable bonds is 3. The second-order valence-electron chi connectivity index (χ2n) is 3.97. The molecule has 18 heavy (non-hydrogen) atoms. The van der Waals surface area contributed by atoms with Gasteiger partial charge in [-0.1, -0.05) is 17.7 Å². The first-order valence-corrected chi connectivity index (χ1v) is 6.84. The summed E-state index contributed by atoms with van der Waals surface area (Å²) in [6, 6.07) is 12.4. The third-order valence-electron chi connectivity index (χ3n) is 2.45. The number of nitrogens with one attached hydrogen (secondary N) is 1. The number of aryl methyl sites for hydroxylation is 1. The lowest BCUT2D eigenvalue weighted by Gasteiger charge is -2.08. The largest absolute Gasteiger partial charge is 0.508 e. The summed E-state index contributed by atoms with van der Waals surface area (Å²) in [5.74, 6) is 0.0910. The molecule has 0 bridgehead atoms. The van der Waals surface area contributed by atoms with Crippen molar-refractivity contribution in [3.63, 3.8) is 0 Å². The second-order valence-corrected chi connectivity index (χ2v) is 5.65. The molecule has 0 aromatic heterocycles. The highest BCUT2D eigenvalue weighted by Crippen LogP contribution is 2.18. The lowest BCUT2D eigenvalue weighted by Crippen LogP contribution is -2.12. The molecule has 0 saturated carbocycles. The molecule has 0 spiro atoms. The van der Waals surface area contributed by atoms with Gasteiger partial charge in [-0.3, -0.25) is 4.72 Å². The molecule has 5 heteroatoms. The highest BCUT2D eigenvalue weighted by Gasteiger charge is 2.13. The third kappa shape index (κ3) is 2.81. The molecule has 0 aliphatic heterocycles. The molecule has 0 fully saturated rings. The number of hydrogen-bond donors (Lipinski definition) is 2. The van der Waals surface area contributed by atoms with Gasteiger partial charge in [0, 0.05) is 5.69 Å². The number of hydrogen-bond acceptors (Lipinski definition) is 3. The summed E-state index contributed by atoms with van der Waals surface area (Å²) < 4.78 is 26.5. The van der Waals surface area contributed by atoms with Gasteiger partial charge >= 0.3 is 0 Å². The SMILES string of the molecule is Cc1ccc(S(=O)(=O)Nc2ccc(O)cc2)cc1. The summed E-state index contributed by atoms with van der Waals surface area (Å²) in [5.41, 5.74) is 1.41. The molecule has 2 rings (SSSR count). The van der Waals surface area contributed by atoms with Crippen LogP contribution < -0.4 is 4.72 Å². The first-order valence-electron chi connectivity index (χ1n) is 5.36. The van der Waals surface area contributed by atoms with Crippen LogP contribution in [0.15, 0.2) is 53.4 Å². The van der Waals surface area contributed by atoms with Crippen molar-refractivity contribution in [2.45, 2.75) is 11.8 Å². The second kappa shape index (κ2) is 4.70. The van der Waals surface area contributed by atoms with Crippen molar-refractivity contribution in [2.24, 2.45) is 0 Å². The van der Waals surface area contributed by atoms with Crippen LogP contribution in [0.4, 0.5) is 5.69 Å². The van der Waals surface area contributed by atoms with Gasteiger partial charge in [0.2, 0.25) is 0 Å². The van der Waals surface area contributed by atoms with Crippen molar-refractivity contribution in [1.82, 2.24) is 0 Å². The molecule has 0 heterocycles. The summed E-state index contributed by atoms with van der Waals surface area (Å²) in [6.45, 7) is 1.89. The molecule has 0 aliphatic rings. The van der Waals surface area contributed by atoms with E-state index >= 15 is 0 Å². The molecule has 2 aromatic rings.